The van der Waals surface area contributed by atoms with Crippen LogP contribution in [-0.2, 0) is 14.3 Å². The van der Waals surface area contributed by atoms with Crippen LogP contribution in [0.5, 0.6) is 0 Å². The molecule has 0 aromatic heterocycles. The molecule has 150 valence electrons. The Hall–Kier alpha value is -3.16. The van der Waals surface area contributed by atoms with Gasteiger partial charge < -0.3 is 15.2 Å². The number of rotatable bonds is 5. The van der Waals surface area contributed by atoms with Gasteiger partial charge in [0.1, 0.15) is 0 Å². The second-order valence-electron chi connectivity index (χ2n) is 7.93. The first kappa shape index (κ1) is 21.1. The van der Waals surface area contributed by atoms with Crippen molar-refractivity contribution in [1.82, 2.24) is 5.32 Å². The summed E-state index contributed by atoms with van der Waals surface area (Å²) in [7, 11) is 0. The van der Waals surface area contributed by atoms with Crippen LogP contribution >= 0.6 is 0 Å². The number of carbonyl (C=O) groups excluding carboxylic acids is 1. The van der Waals surface area contributed by atoms with Crippen molar-refractivity contribution in [2.75, 3.05) is 6.61 Å². The minimum Gasteiger partial charge on any atom is -0.478 e. The fourth-order valence-electron chi connectivity index (χ4n) is 3.06. The van der Waals surface area contributed by atoms with E-state index in [0.717, 1.165) is 0 Å². The summed E-state index contributed by atoms with van der Waals surface area (Å²) >= 11 is 0. The van der Waals surface area contributed by atoms with Crippen molar-refractivity contribution in [3.8, 4) is 0 Å². The molecule has 1 aliphatic rings. The molecule has 1 heterocycles. The Kier molecular flexibility index (Phi) is 5.92. The molecule has 1 aromatic carbocycles. The van der Waals surface area contributed by atoms with Crippen LogP contribution in [0.4, 0.5) is 5.69 Å². The lowest BCUT2D eigenvalue weighted by Gasteiger charge is -2.30. The van der Waals surface area contributed by atoms with Gasteiger partial charge in [0.05, 0.1) is 28.6 Å². The monoisotopic (exact) mass is 388 g/mol. The van der Waals surface area contributed by atoms with Gasteiger partial charge in [-0.25, -0.2) is 9.59 Å². The normalized spacial score (nSPS) is 17.2. The molecule has 0 bridgehead atoms. The number of nitrogens with one attached hydrogen (secondary N) is 1. The summed E-state index contributed by atoms with van der Waals surface area (Å²) in [6.45, 7) is 9.12. The van der Waals surface area contributed by atoms with Crippen molar-refractivity contribution >= 4 is 17.6 Å². The van der Waals surface area contributed by atoms with Crippen LogP contribution in [-0.4, -0.2) is 28.6 Å². The molecule has 2 rings (SSSR count). The molecule has 2 N–H and O–H groups in total. The summed E-state index contributed by atoms with van der Waals surface area (Å²) in [5, 5.41) is 23.8. The van der Waals surface area contributed by atoms with E-state index in [2.05, 4.69) is 5.32 Å². The van der Waals surface area contributed by atoms with E-state index in [1.807, 2.05) is 20.8 Å². The zero-order chi connectivity index (χ0) is 21.2. The summed E-state index contributed by atoms with van der Waals surface area (Å²) in [5.74, 6) is -2.84. The zero-order valence-corrected chi connectivity index (χ0v) is 16.5. The number of esters is 1. The van der Waals surface area contributed by atoms with Gasteiger partial charge in [-0.3, -0.25) is 10.1 Å². The standard InChI is InChI=1S/C20H24N2O6/c1-11-15(18(23)24)17(13-7-6-8-14(9-13)22(26)27)16(12(2)21-11)19(25)28-10-20(3,4)5/h6-9,17,21H,10H2,1-5H3,(H,23,24). The Labute approximate surface area is 163 Å². The second-order valence-corrected chi connectivity index (χ2v) is 7.93. The zero-order valence-electron chi connectivity index (χ0n) is 16.5. The van der Waals surface area contributed by atoms with Crippen molar-refractivity contribution < 1.29 is 24.4 Å². The first-order valence-corrected chi connectivity index (χ1v) is 8.75. The van der Waals surface area contributed by atoms with E-state index >= 15 is 0 Å². The summed E-state index contributed by atoms with van der Waals surface area (Å²) in [5.41, 5.74) is 0.801. The summed E-state index contributed by atoms with van der Waals surface area (Å²) < 4.78 is 5.42. The number of benzene rings is 1. The molecule has 1 aliphatic heterocycles. The molecule has 8 nitrogen and oxygen atoms in total. The van der Waals surface area contributed by atoms with E-state index in [1.54, 1.807) is 19.9 Å². The van der Waals surface area contributed by atoms with Crippen molar-refractivity contribution in [2.24, 2.45) is 5.41 Å². The maximum atomic E-state index is 12.9. The fraction of sp³-hybridized carbons (Fsp3) is 0.400. The molecule has 0 saturated carbocycles. The van der Waals surface area contributed by atoms with Crippen LogP contribution in [0.3, 0.4) is 0 Å². The Morgan fingerprint density at radius 1 is 1.21 bits per heavy atom. The molecule has 0 saturated heterocycles. The van der Waals surface area contributed by atoms with Crippen molar-refractivity contribution in [1.29, 1.82) is 0 Å². The smallest absolute Gasteiger partial charge is 0.336 e. The number of carboxylic acids is 1. The largest absolute Gasteiger partial charge is 0.478 e. The van der Waals surface area contributed by atoms with E-state index in [0.29, 0.717) is 17.0 Å². The van der Waals surface area contributed by atoms with Gasteiger partial charge in [0, 0.05) is 23.5 Å². The number of nitro benzene ring substituents is 1. The van der Waals surface area contributed by atoms with Crippen molar-refractivity contribution in [3.05, 3.63) is 62.5 Å². The number of hydrogen-bond donors (Lipinski definition) is 2. The number of nitro groups is 1. The molecule has 1 aromatic rings. The van der Waals surface area contributed by atoms with Gasteiger partial charge in [0.25, 0.3) is 5.69 Å². The van der Waals surface area contributed by atoms with Crippen LogP contribution in [0.1, 0.15) is 46.1 Å². The molecule has 0 fully saturated rings. The highest BCUT2D eigenvalue weighted by molar-refractivity contribution is 5.99. The molecule has 0 radical (unpaired) electrons. The SMILES string of the molecule is CC1=C(C(=O)O)C(c2cccc([N+](=O)[O-])c2)C(C(=O)OCC(C)(C)C)=C(C)N1. The first-order chi connectivity index (χ1) is 12.9. The minimum absolute atomic E-state index is 0.0474. The van der Waals surface area contributed by atoms with Gasteiger partial charge in [-0.2, -0.15) is 0 Å². The molecule has 28 heavy (non-hydrogen) atoms. The van der Waals surface area contributed by atoms with Crippen LogP contribution in [0.25, 0.3) is 0 Å². The number of carboxylic acid groups (broad SMARTS) is 1. The van der Waals surface area contributed by atoms with E-state index in [9.17, 15) is 24.8 Å². The molecule has 0 amide bonds. The highest BCUT2D eigenvalue weighted by Gasteiger charge is 2.38. The van der Waals surface area contributed by atoms with Gasteiger partial charge in [-0.1, -0.05) is 32.9 Å². The molecule has 0 aliphatic carbocycles. The predicted molar refractivity (Wildman–Crippen MR) is 102 cm³/mol. The number of nitrogens with zero attached hydrogens (tertiary/aromatic N) is 1. The first-order valence-electron chi connectivity index (χ1n) is 8.75. The summed E-state index contributed by atoms with van der Waals surface area (Å²) in [6.07, 6.45) is 0. The van der Waals surface area contributed by atoms with Crippen LogP contribution in [0.2, 0.25) is 0 Å². The Balaban J connectivity index is 2.59. The maximum Gasteiger partial charge on any atom is 0.336 e. The number of carbonyl (C=O) groups is 2. The molecule has 8 heteroatoms. The maximum absolute atomic E-state index is 12.9. The van der Waals surface area contributed by atoms with E-state index < -0.39 is 22.8 Å². The van der Waals surface area contributed by atoms with Crippen LogP contribution < -0.4 is 5.32 Å². The number of hydrogen-bond acceptors (Lipinski definition) is 6. The van der Waals surface area contributed by atoms with Gasteiger partial charge in [-0.15, -0.1) is 0 Å². The minimum atomic E-state index is -1.21. The molecule has 1 unspecified atom stereocenters. The average molecular weight is 388 g/mol. The lowest BCUT2D eigenvalue weighted by atomic mass is 9.80. The van der Waals surface area contributed by atoms with Gasteiger partial charge >= 0.3 is 11.9 Å². The predicted octanol–water partition coefficient (Wildman–Crippen LogP) is 3.50. The molecular formula is C20H24N2O6. The third-order valence-corrected chi connectivity index (χ3v) is 4.26. The number of aliphatic carboxylic acids is 1. The second kappa shape index (κ2) is 7.84. The Morgan fingerprint density at radius 2 is 1.82 bits per heavy atom. The lowest BCUT2D eigenvalue weighted by Crippen LogP contribution is -2.32. The van der Waals surface area contributed by atoms with Gasteiger partial charge in [0.15, 0.2) is 0 Å². The fourth-order valence-corrected chi connectivity index (χ4v) is 3.06. The highest BCUT2D eigenvalue weighted by atomic mass is 16.6. The van der Waals surface area contributed by atoms with E-state index in [4.69, 9.17) is 4.74 Å². The Morgan fingerprint density at radius 3 is 2.36 bits per heavy atom. The number of ether oxygens (including phenoxy) is 1. The van der Waals surface area contributed by atoms with Crippen molar-refractivity contribution in [2.45, 2.75) is 40.5 Å². The Bertz CT molecular complexity index is 892. The summed E-state index contributed by atoms with van der Waals surface area (Å²) in [4.78, 5) is 35.4. The quantitative estimate of drug-likeness (QED) is 0.450. The third-order valence-electron chi connectivity index (χ3n) is 4.26. The molecule has 1 atom stereocenters. The van der Waals surface area contributed by atoms with Gasteiger partial charge in [0.2, 0.25) is 0 Å². The lowest BCUT2D eigenvalue weighted by molar-refractivity contribution is -0.384. The molecular weight excluding hydrogens is 364 g/mol. The highest BCUT2D eigenvalue weighted by Crippen LogP contribution is 2.39. The topological polar surface area (TPSA) is 119 Å². The van der Waals surface area contributed by atoms with Gasteiger partial charge in [-0.05, 0) is 24.8 Å². The van der Waals surface area contributed by atoms with E-state index in [1.165, 1.54) is 18.2 Å². The van der Waals surface area contributed by atoms with Crippen LogP contribution in [0, 0.1) is 15.5 Å². The van der Waals surface area contributed by atoms with E-state index in [-0.39, 0.29) is 28.9 Å². The molecule has 0 spiro atoms. The number of non-ortho nitro benzene ring substituents is 1. The number of allylic oxidation sites excluding steroid dienone is 2. The third kappa shape index (κ3) is 4.57. The summed E-state index contributed by atoms with van der Waals surface area (Å²) in [6, 6.07) is 5.65. The van der Waals surface area contributed by atoms with Crippen LogP contribution in [0.15, 0.2) is 46.8 Å². The average Bonchev–Trinajstić information content (AvgIpc) is 2.58. The van der Waals surface area contributed by atoms with Crippen molar-refractivity contribution in [3.63, 3.8) is 0 Å². The number of dihydropyridines is 1.